The number of aromatic nitrogens is 1. The summed E-state index contributed by atoms with van der Waals surface area (Å²) in [6, 6.07) is 16.9. The van der Waals surface area contributed by atoms with Crippen molar-refractivity contribution in [2.45, 2.75) is 51.1 Å². The van der Waals surface area contributed by atoms with Crippen molar-refractivity contribution in [1.29, 1.82) is 0 Å². The Labute approximate surface area is 202 Å². The molecule has 1 aliphatic heterocycles. The predicted molar refractivity (Wildman–Crippen MR) is 132 cm³/mol. The van der Waals surface area contributed by atoms with Crippen LogP contribution in [0.4, 0.5) is 10.2 Å². The number of rotatable bonds is 5. The van der Waals surface area contributed by atoms with E-state index in [0.29, 0.717) is 33.9 Å². The van der Waals surface area contributed by atoms with Gasteiger partial charge in [0.1, 0.15) is 11.6 Å². The molecule has 6 heteroatoms. The normalized spacial score (nSPS) is 18.5. The van der Waals surface area contributed by atoms with E-state index in [4.69, 9.17) is 4.98 Å². The minimum atomic E-state index is -0.288. The van der Waals surface area contributed by atoms with Crippen LogP contribution in [0, 0.1) is 5.82 Å². The van der Waals surface area contributed by atoms with Crippen molar-refractivity contribution in [2.24, 2.45) is 0 Å². The summed E-state index contributed by atoms with van der Waals surface area (Å²) in [6.07, 6.45) is 3.04. The second-order valence-electron chi connectivity index (χ2n) is 9.10. The first-order valence-electron chi connectivity index (χ1n) is 11.5. The van der Waals surface area contributed by atoms with Crippen LogP contribution in [0.5, 0.6) is 0 Å². The maximum atomic E-state index is 14.5. The van der Waals surface area contributed by atoms with Crippen molar-refractivity contribution in [3.05, 3.63) is 92.8 Å². The van der Waals surface area contributed by atoms with E-state index >= 15 is 0 Å². The first kappa shape index (κ1) is 22.1. The van der Waals surface area contributed by atoms with Gasteiger partial charge < -0.3 is 10.2 Å². The van der Waals surface area contributed by atoms with Gasteiger partial charge in [0.05, 0.1) is 12.1 Å². The largest absolute Gasteiger partial charge is 0.363 e. The van der Waals surface area contributed by atoms with Crippen LogP contribution in [0.25, 0.3) is 0 Å². The minimum Gasteiger partial charge on any atom is -0.363 e. The van der Waals surface area contributed by atoms with Gasteiger partial charge in [-0.15, -0.1) is 0 Å². The molecule has 1 amide bonds. The molecule has 0 saturated heterocycles. The molecule has 0 bridgehead atoms. The van der Waals surface area contributed by atoms with Crippen molar-refractivity contribution < 1.29 is 9.18 Å². The smallest absolute Gasteiger partial charge is 0.254 e. The number of carbonyl (C=O) groups excluding carboxylic acids is 1. The molecule has 1 aromatic heterocycles. The molecule has 2 aromatic carbocycles. The van der Waals surface area contributed by atoms with Gasteiger partial charge in [-0.1, -0.05) is 46.3 Å². The number of fused-ring (bicyclic) bond motifs is 1. The molecular formula is C27H27BrFN3O. The molecule has 1 fully saturated rings. The van der Waals surface area contributed by atoms with E-state index in [-0.39, 0.29) is 23.8 Å². The molecule has 170 valence electrons. The number of hydrogen-bond acceptors (Lipinski definition) is 3. The average Bonchev–Trinajstić information content (AvgIpc) is 3.64. The van der Waals surface area contributed by atoms with Gasteiger partial charge in [0, 0.05) is 33.8 Å². The fourth-order valence-corrected chi connectivity index (χ4v) is 5.04. The predicted octanol–water partition coefficient (Wildman–Crippen LogP) is 6.79. The third-order valence-corrected chi connectivity index (χ3v) is 7.23. The lowest BCUT2D eigenvalue weighted by atomic mass is 9.93. The number of hydrogen-bond donors (Lipinski definition) is 1. The summed E-state index contributed by atoms with van der Waals surface area (Å²) in [6.45, 7) is 4.70. The maximum absolute atomic E-state index is 14.5. The Bertz CT molecular complexity index is 1210. The lowest BCUT2D eigenvalue weighted by Crippen LogP contribution is -2.39. The van der Waals surface area contributed by atoms with Gasteiger partial charge in [-0.25, -0.2) is 9.37 Å². The number of pyridine rings is 1. The molecule has 33 heavy (non-hydrogen) atoms. The van der Waals surface area contributed by atoms with E-state index in [1.54, 1.807) is 6.07 Å². The zero-order chi connectivity index (χ0) is 23.1. The second-order valence-corrected chi connectivity index (χ2v) is 10.0. The van der Waals surface area contributed by atoms with Crippen molar-refractivity contribution in [2.75, 3.05) is 11.9 Å². The van der Waals surface area contributed by atoms with E-state index in [1.165, 1.54) is 17.2 Å². The van der Waals surface area contributed by atoms with Crippen molar-refractivity contribution >= 4 is 27.7 Å². The van der Waals surface area contributed by atoms with Crippen LogP contribution in [0.15, 0.2) is 59.1 Å². The molecule has 5 rings (SSSR count). The summed E-state index contributed by atoms with van der Waals surface area (Å²) in [4.78, 5) is 20.4. The van der Waals surface area contributed by atoms with Crippen molar-refractivity contribution in [3.63, 3.8) is 0 Å². The Morgan fingerprint density at radius 1 is 1.18 bits per heavy atom. The highest BCUT2D eigenvalue weighted by Crippen LogP contribution is 2.40. The molecule has 1 saturated carbocycles. The Kier molecular flexibility index (Phi) is 5.95. The van der Waals surface area contributed by atoms with Gasteiger partial charge in [0.25, 0.3) is 5.91 Å². The second kappa shape index (κ2) is 8.90. The lowest BCUT2D eigenvalue weighted by Gasteiger charge is -2.35. The van der Waals surface area contributed by atoms with E-state index in [0.717, 1.165) is 25.0 Å². The Morgan fingerprint density at radius 3 is 2.73 bits per heavy atom. The van der Waals surface area contributed by atoms with Crippen LogP contribution in [0.1, 0.15) is 77.4 Å². The first-order valence-corrected chi connectivity index (χ1v) is 12.3. The zero-order valence-electron chi connectivity index (χ0n) is 18.8. The summed E-state index contributed by atoms with van der Waals surface area (Å²) in [7, 11) is 0. The van der Waals surface area contributed by atoms with Gasteiger partial charge >= 0.3 is 0 Å². The summed E-state index contributed by atoms with van der Waals surface area (Å²) >= 11 is 3.31. The molecule has 0 radical (unpaired) electrons. The van der Waals surface area contributed by atoms with Crippen LogP contribution in [-0.4, -0.2) is 22.3 Å². The fraction of sp³-hybridized carbons (Fsp3) is 0.333. The summed E-state index contributed by atoms with van der Waals surface area (Å²) in [5.74, 6) is 0.756. The molecule has 1 aliphatic carbocycles. The van der Waals surface area contributed by atoms with E-state index in [9.17, 15) is 9.18 Å². The highest BCUT2D eigenvalue weighted by Gasteiger charge is 2.31. The Hall–Kier alpha value is -2.73. The number of nitrogens with one attached hydrogen (secondary N) is 1. The van der Waals surface area contributed by atoms with Crippen molar-refractivity contribution in [3.8, 4) is 0 Å². The van der Waals surface area contributed by atoms with E-state index in [2.05, 4.69) is 46.4 Å². The number of carbonyl (C=O) groups is 1. The molecule has 2 atom stereocenters. The maximum Gasteiger partial charge on any atom is 0.254 e. The molecule has 2 aliphatic rings. The summed E-state index contributed by atoms with van der Waals surface area (Å²) in [5, 5.41) is 3.33. The van der Waals surface area contributed by atoms with Gasteiger partial charge in [-0.2, -0.15) is 0 Å². The molecule has 4 nitrogen and oxygen atoms in total. The number of nitrogens with zero attached hydrogens (tertiary/aromatic N) is 2. The van der Waals surface area contributed by atoms with E-state index in [1.807, 2.05) is 36.1 Å². The first-order chi connectivity index (χ1) is 15.9. The number of anilines is 1. The third-order valence-electron chi connectivity index (χ3n) is 6.74. The van der Waals surface area contributed by atoms with Crippen LogP contribution >= 0.6 is 15.9 Å². The number of amides is 1. The van der Waals surface area contributed by atoms with Gasteiger partial charge in [0.2, 0.25) is 0 Å². The number of halogens is 2. The highest BCUT2D eigenvalue weighted by molar-refractivity contribution is 9.10. The highest BCUT2D eigenvalue weighted by atomic mass is 79.9. The molecule has 2 heterocycles. The Balaban J connectivity index is 1.43. The lowest BCUT2D eigenvalue weighted by molar-refractivity contribution is 0.0677. The van der Waals surface area contributed by atoms with Crippen molar-refractivity contribution in [1.82, 2.24) is 9.88 Å². The van der Waals surface area contributed by atoms with Gasteiger partial charge in [-0.3, -0.25) is 4.79 Å². The van der Waals surface area contributed by atoms with Crippen LogP contribution in [0.3, 0.4) is 0 Å². The van der Waals surface area contributed by atoms with Crippen LogP contribution in [-0.2, 0) is 6.42 Å². The molecular weight excluding hydrogens is 481 g/mol. The standard InChI is InChI=1S/C27H27BrFN3O/c1-16(22-10-9-21(28)15-24(22)29)30-26-14-20(13-25(31-26)19-7-8-19)27(33)32-12-11-18-5-3-4-6-23(18)17(32)2/h3-6,9-10,13-17,19H,7-8,11-12H2,1-2H3,(H,30,31)/t16?,17-/m1/s1. The van der Waals surface area contributed by atoms with Crippen LogP contribution < -0.4 is 5.32 Å². The fourth-order valence-electron chi connectivity index (χ4n) is 4.70. The minimum absolute atomic E-state index is 0.0202. The average molecular weight is 508 g/mol. The molecule has 1 N–H and O–H groups in total. The monoisotopic (exact) mass is 507 g/mol. The molecule has 0 spiro atoms. The number of benzene rings is 2. The summed E-state index contributed by atoms with van der Waals surface area (Å²) < 4.78 is 15.2. The summed E-state index contributed by atoms with van der Waals surface area (Å²) in [5.41, 5.74) is 4.67. The Morgan fingerprint density at radius 2 is 1.97 bits per heavy atom. The van der Waals surface area contributed by atoms with Gasteiger partial charge in [-0.05, 0) is 68.5 Å². The van der Waals surface area contributed by atoms with Crippen LogP contribution in [0.2, 0.25) is 0 Å². The third kappa shape index (κ3) is 4.54. The van der Waals surface area contributed by atoms with Gasteiger partial charge in [0.15, 0.2) is 0 Å². The van der Waals surface area contributed by atoms with E-state index < -0.39 is 0 Å². The topological polar surface area (TPSA) is 45.2 Å². The quantitative estimate of drug-likeness (QED) is 0.413. The molecule has 3 aromatic rings. The molecule has 1 unspecified atom stereocenters. The zero-order valence-corrected chi connectivity index (χ0v) is 20.4. The SMILES string of the molecule is CC(Nc1cc(C(=O)N2CCc3ccccc3[C@H]2C)cc(C2CC2)n1)c1ccc(Br)cc1F.